The van der Waals surface area contributed by atoms with Crippen LogP contribution in [0, 0.1) is 16.0 Å². The molecule has 13 heteroatoms. The molecule has 0 N–H and O–H groups in total. The number of piperidine rings is 1. The maximum absolute atomic E-state index is 13.5. The van der Waals surface area contributed by atoms with E-state index in [2.05, 4.69) is 4.98 Å². The Morgan fingerprint density at radius 3 is 2.59 bits per heavy atom. The Morgan fingerprint density at radius 2 is 1.97 bits per heavy atom. The molecule has 0 spiro atoms. The molecule has 1 aliphatic heterocycles. The maximum atomic E-state index is 13.5. The molecule has 3 aromatic rings. The lowest BCUT2D eigenvalue weighted by Crippen LogP contribution is -2.45. The molecule has 0 radical (unpaired) electrons. The van der Waals surface area contributed by atoms with Gasteiger partial charge in [0, 0.05) is 44.2 Å². The standard InChI is InChI=1S/C21H25N5O5S3/c1-23(2)11-12-25(21-22-17-6-5-16(26(28)29)14-18(17)33-21)20(27)15-7-9-24(10-8-15)34(30,31)19-4-3-13-32-19/h3-6,13-15H,7-12H2,1-2H3. The summed E-state index contributed by atoms with van der Waals surface area (Å²) in [6.07, 6.45) is 0.858. The van der Waals surface area contributed by atoms with E-state index in [1.807, 2.05) is 19.0 Å². The summed E-state index contributed by atoms with van der Waals surface area (Å²) in [6.45, 7) is 1.60. The molecular weight excluding hydrogens is 498 g/mol. The van der Waals surface area contributed by atoms with Gasteiger partial charge in [-0.05, 0) is 44.4 Å². The van der Waals surface area contributed by atoms with Gasteiger partial charge in [0.15, 0.2) is 5.13 Å². The van der Waals surface area contributed by atoms with Gasteiger partial charge in [-0.2, -0.15) is 4.31 Å². The van der Waals surface area contributed by atoms with Crippen LogP contribution in [0.2, 0.25) is 0 Å². The van der Waals surface area contributed by atoms with Crippen LogP contribution < -0.4 is 4.90 Å². The number of anilines is 1. The molecule has 1 fully saturated rings. The number of carbonyl (C=O) groups excluding carboxylic acids is 1. The van der Waals surface area contributed by atoms with E-state index >= 15 is 0 Å². The molecule has 4 rings (SSSR count). The molecule has 1 aromatic carbocycles. The van der Waals surface area contributed by atoms with E-state index in [-0.39, 0.29) is 30.6 Å². The molecule has 1 saturated heterocycles. The first-order valence-corrected chi connectivity index (χ1v) is 13.8. The number of fused-ring (bicyclic) bond motifs is 1. The van der Waals surface area contributed by atoms with Crippen LogP contribution in [0.15, 0.2) is 39.9 Å². The Morgan fingerprint density at radius 1 is 1.24 bits per heavy atom. The van der Waals surface area contributed by atoms with Gasteiger partial charge in [-0.1, -0.05) is 17.4 Å². The van der Waals surface area contributed by atoms with Gasteiger partial charge in [0.05, 0.1) is 15.1 Å². The van der Waals surface area contributed by atoms with E-state index in [1.54, 1.807) is 28.5 Å². The van der Waals surface area contributed by atoms with E-state index in [9.17, 15) is 23.3 Å². The second-order valence-electron chi connectivity index (χ2n) is 8.31. The lowest BCUT2D eigenvalue weighted by Gasteiger charge is -2.33. The first-order chi connectivity index (χ1) is 16.2. The van der Waals surface area contributed by atoms with Gasteiger partial charge in [0.1, 0.15) is 4.21 Å². The van der Waals surface area contributed by atoms with Crippen molar-refractivity contribution in [3.8, 4) is 0 Å². The highest BCUT2D eigenvalue weighted by atomic mass is 32.2. The number of carbonyl (C=O) groups is 1. The van der Waals surface area contributed by atoms with E-state index < -0.39 is 14.9 Å². The number of aromatic nitrogens is 1. The zero-order chi connectivity index (χ0) is 24.5. The van der Waals surface area contributed by atoms with Gasteiger partial charge in [-0.25, -0.2) is 13.4 Å². The molecular formula is C21H25N5O5S3. The molecule has 1 amide bonds. The number of likely N-dealkylation sites (N-methyl/N-ethyl adjacent to an activating group) is 1. The highest BCUT2D eigenvalue weighted by Gasteiger charge is 2.35. The SMILES string of the molecule is CN(C)CCN(C(=O)C1CCN(S(=O)(=O)c2cccs2)CC1)c1nc2ccc([N+](=O)[O-])cc2s1. The van der Waals surface area contributed by atoms with E-state index in [1.165, 1.54) is 39.1 Å². The van der Waals surface area contributed by atoms with Crippen LogP contribution >= 0.6 is 22.7 Å². The van der Waals surface area contributed by atoms with Crippen molar-refractivity contribution in [3.05, 3.63) is 45.8 Å². The van der Waals surface area contributed by atoms with Crippen molar-refractivity contribution in [1.29, 1.82) is 0 Å². The van der Waals surface area contributed by atoms with Crippen LogP contribution in [0.3, 0.4) is 0 Å². The van der Waals surface area contributed by atoms with Gasteiger partial charge >= 0.3 is 0 Å². The average molecular weight is 524 g/mol. The van der Waals surface area contributed by atoms with Crippen molar-refractivity contribution in [2.45, 2.75) is 17.1 Å². The Hall–Kier alpha value is -2.45. The molecule has 3 heterocycles. The second-order valence-corrected chi connectivity index (χ2v) is 12.4. The largest absolute Gasteiger partial charge is 0.308 e. The number of hydrogen-bond donors (Lipinski definition) is 0. The fourth-order valence-corrected chi connectivity index (χ4v) is 7.48. The zero-order valence-corrected chi connectivity index (χ0v) is 21.2. The summed E-state index contributed by atoms with van der Waals surface area (Å²) < 4.78 is 28.0. The van der Waals surface area contributed by atoms with E-state index in [0.717, 1.165) is 0 Å². The van der Waals surface area contributed by atoms with Crippen molar-refractivity contribution in [2.24, 2.45) is 5.92 Å². The summed E-state index contributed by atoms with van der Waals surface area (Å²) in [5, 5.41) is 13.4. The number of nitrogens with zero attached hydrogens (tertiary/aromatic N) is 5. The third-order valence-corrected chi connectivity index (χ3v) is 10.0. The molecule has 182 valence electrons. The Kier molecular flexibility index (Phi) is 7.28. The monoisotopic (exact) mass is 523 g/mol. The Bertz CT molecular complexity index is 1280. The average Bonchev–Trinajstić information content (AvgIpc) is 3.49. The van der Waals surface area contributed by atoms with Crippen LogP contribution in [-0.4, -0.2) is 73.7 Å². The first kappa shape index (κ1) is 24.7. The minimum absolute atomic E-state index is 0.0202. The van der Waals surface area contributed by atoms with Crippen LogP contribution in [-0.2, 0) is 14.8 Å². The normalized spacial score (nSPS) is 15.7. The molecule has 10 nitrogen and oxygen atoms in total. The number of hydrogen-bond acceptors (Lipinski definition) is 9. The summed E-state index contributed by atoms with van der Waals surface area (Å²) in [5.41, 5.74) is 0.582. The number of sulfonamides is 1. The van der Waals surface area contributed by atoms with Crippen molar-refractivity contribution >= 4 is 59.6 Å². The van der Waals surface area contributed by atoms with Gasteiger partial charge in [-0.15, -0.1) is 11.3 Å². The Balaban J connectivity index is 1.53. The molecule has 34 heavy (non-hydrogen) atoms. The Labute approximate surface area is 205 Å². The molecule has 0 atom stereocenters. The number of rotatable bonds is 8. The number of benzene rings is 1. The summed E-state index contributed by atoms with van der Waals surface area (Å²) in [4.78, 5) is 32.4. The topological polar surface area (TPSA) is 117 Å². The lowest BCUT2D eigenvalue weighted by molar-refractivity contribution is -0.384. The highest BCUT2D eigenvalue weighted by molar-refractivity contribution is 7.91. The first-order valence-electron chi connectivity index (χ1n) is 10.7. The maximum Gasteiger partial charge on any atom is 0.270 e. The lowest BCUT2D eigenvalue weighted by atomic mass is 9.96. The molecule has 1 aliphatic rings. The van der Waals surface area contributed by atoms with Crippen molar-refractivity contribution in [1.82, 2.24) is 14.2 Å². The summed E-state index contributed by atoms with van der Waals surface area (Å²) in [6, 6.07) is 7.78. The quantitative estimate of drug-likeness (QED) is 0.329. The molecule has 0 saturated carbocycles. The van der Waals surface area contributed by atoms with E-state index in [0.29, 0.717) is 45.5 Å². The molecule has 0 bridgehead atoms. The molecule has 0 unspecified atom stereocenters. The van der Waals surface area contributed by atoms with Gasteiger partial charge in [0.25, 0.3) is 15.7 Å². The minimum Gasteiger partial charge on any atom is -0.308 e. The van der Waals surface area contributed by atoms with Gasteiger partial charge < -0.3 is 4.90 Å². The van der Waals surface area contributed by atoms with Crippen LogP contribution in [0.4, 0.5) is 10.8 Å². The molecule has 0 aliphatic carbocycles. The second kappa shape index (κ2) is 10.0. The number of nitro groups is 1. The van der Waals surface area contributed by atoms with Crippen LogP contribution in [0.1, 0.15) is 12.8 Å². The summed E-state index contributed by atoms with van der Waals surface area (Å²) >= 11 is 2.44. The van der Waals surface area contributed by atoms with Gasteiger partial charge in [0.2, 0.25) is 5.91 Å². The van der Waals surface area contributed by atoms with E-state index in [4.69, 9.17) is 0 Å². The fraction of sp³-hybridized carbons (Fsp3) is 0.429. The minimum atomic E-state index is -3.54. The number of amides is 1. The smallest absolute Gasteiger partial charge is 0.270 e. The predicted molar refractivity (Wildman–Crippen MR) is 133 cm³/mol. The zero-order valence-electron chi connectivity index (χ0n) is 18.8. The number of thiophene rings is 1. The third kappa shape index (κ3) is 5.13. The van der Waals surface area contributed by atoms with Crippen molar-refractivity contribution in [2.75, 3.05) is 45.2 Å². The third-order valence-electron chi connectivity index (χ3n) is 5.73. The fourth-order valence-electron chi connectivity index (χ4n) is 3.83. The van der Waals surface area contributed by atoms with Crippen molar-refractivity contribution < 1.29 is 18.1 Å². The highest BCUT2D eigenvalue weighted by Crippen LogP contribution is 2.34. The number of thiazole rings is 1. The van der Waals surface area contributed by atoms with Crippen molar-refractivity contribution in [3.63, 3.8) is 0 Å². The van der Waals surface area contributed by atoms with Crippen LogP contribution in [0.25, 0.3) is 10.2 Å². The number of nitro benzene ring substituents is 1. The van der Waals surface area contributed by atoms with Crippen LogP contribution in [0.5, 0.6) is 0 Å². The number of non-ortho nitro benzene ring substituents is 1. The summed E-state index contributed by atoms with van der Waals surface area (Å²) in [5.74, 6) is -0.415. The summed E-state index contributed by atoms with van der Waals surface area (Å²) in [7, 11) is 0.295. The predicted octanol–water partition coefficient (Wildman–Crippen LogP) is 3.26. The molecule has 2 aromatic heterocycles. The van der Waals surface area contributed by atoms with Gasteiger partial charge in [-0.3, -0.25) is 19.8 Å².